The van der Waals surface area contributed by atoms with Crippen molar-refractivity contribution >= 4 is 0 Å². The number of quaternary nitrogens is 1. The molecule has 602 valence electrons. The number of rotatable bonds is 92. The first-order chi connectivity index (χ1) is 49.5. The van der Waals surface area contributed by atoms with Gasteiger partial charge in [-0.05, 0) is 57.8 Å². The fraction of sp³-hybridized carbons (Fsp3) is 1.00. The van der Waals surface area contributed by atoms with E-state index >= 15 is 0 Å². The van der Waals surface area contributed by atoms with Crippen LogP contribution in [0.4, 0.5) is 0 Å². The van der Waals surface area contributed by atoms with E-state index in [1.54, 1.807) is 0 Å². The lowest BCUT2D eigenvalue weighted by molar-refractivity contribution is -0.983. The van der Waals surface area contributed by atoms with Crippen LogP contribution in [0, 0.1) is 0 Å². The Bertz CT molecular complexity index is 1310. The minimum atomic E-state index is 0.443. The summed E-state index contributed by atoms with van der Waals surface area (Å²) in [5.41, 5.74) is 0.443. The van der Waals surface area contributed by atoms with Gasteiger partial charge in [0, 0.05) is 19.3 Å². The highest BCUT2D eigenvalue weighted by Gasteiger charge is 2.50. The Balaban J connectivity index is 6.95. The molecule has 1 nitrogen and oxygen atoms in total. The topological polar surface area (TPSA) is 0 Å². The number of hydrogen-bond donors (Lipinski definition) is 0. The van der Waals surface area contributed by atoms with Crippen LogP contribution < -0.4 is 0 Å². The molecule has 0 aromatic rings. The molecule has 0 aliphatic heterocycles. The van der Waals surface area contributed by atoms with Crippen molar-refractivity contribution in [3.05, 3.63) is 0 Å². The van der Waals surface area contributed by atoms with Gasteiger partial charge in [-0.15, -0.1) is 0 Å². The molecule has 0 bridgehead atoms. The van der Waals surface area contributed by atoms with Gasteiger partial charge in [0.1, 0.15) is 0 Å². The molecule has 0 aromatic carbocycles. The molecule has 0 radical (unpaired) electrons. The second kappa shape index (κ2) is 86.2. The van der Waals surface area contributed by atoms with Crippen molar-refractivity contribution in [2.24, 2.45) is 0 Å². The first kappa shape index (κ1) is 100.0. The predicted octanol–water partition coefficient (Wildman–Crippen LogP) is 37.4. The Hall–Kier alpha value is -0.0400. The van der Waals surface area contributed by atoms with Crippen molar-refractivity contribution in [1.29, 1.82) is 0 Å². The van der Waals surface area contributed by atoms with Gasteiger partial charge in [-0.1, -0.05) is 536 Å². The van der Waals surface area contributed by atoms with E-state index in [9.17, 15) is 0 Å². The second-order valence-electron chi connectivity index (χ2n) is 35.3. The van der Waals surface area contributed by atoms with Crippen LogP contribution in [-0.4, -0.2) is 29.7 Å². The molecule has 1 atom stereocenters. The summed E-state index contributed by atoms with van der Waals surface area (Å²) >= 11 is 0. The van der Waals surface area contributed by atoms with Gasteiger partial charge in [0.05, 0.1) is 25.2 Å². The van der Waals surface area contributed by atoms with Crippen LogP contribution in [-0.2, 0) is 0 Å². The normalized spacial score (nSPS) is 12.7. The maximum absolute atomic E-state index is 3.03. The standard InChI is InChI=1S/C99H202N/c1-8-14-20-26-32-38-44-50-56-62-68-74-80-86-92-98(93-87-81-75-69-63-57-51-45-39-33-27-21-15-9-2)100(7,97-91-85-79-73-67-61-55-49-43-37-31-25-19-13-6)99(94-88-82-76-70-64-58-52-46-40-34-28-22-16-10-3,95-89-83-77-71-65-59-53-47-41-35-29-23-17-11-4)96-90-84-78-72-66-60-54-48-42-36-30-24-18-12-5/h98H,8-97H2,1-7H3/q+1. The van der Waals surface area contributed by atoms with Gasteiger partial charge in [0.2, 0.25) is 0 Å². The van der Waals surface area contributed by atoms with Crippen LogP contribution in [0.5, 0.6) is 0 Å². The van der Waals surface area contributed by atoms with Crippen LogP contribution in [0.25, 0.3) is 0 Å². The molecule has 100 heavy (non-hydrogen) atoms. The van der Waals surface area contributed by atoms with E-state index in [2.05, 4.69) is 48.6 Å². The van der Waals surface area contributed by atoms with Gasteiger partial charge in [-0.2, -0.15) is 0 Å². The zero-order valence-corrected chi connectivity index (χ0v) is 72.2. The summed E-state index contributed by atoms with van der Waals surface area (Å²) in [4.78, 5) is 0. The van der Waals surface area contributed by atoms with E-state index in [0.717, 1.165) is 6.04 Å². The van der Waals surface area contributed by atoms with Crippen LogP contribution in [0.15, 0.2) is 0 Å². The molecule has 0 amide bonds. The molecule has 0 aliphatic carbocycles. The van der Waals surface area contributed by atoms with Crippen molar-refractivity contribution in [1.82, 2.24) is 0 Å². The van der Waals surface area contributed by atoms with Gasteiger partial charge in [0.25, 0.3) is 0 Å². The third kappa shape index (κ3) is 69.7. The lowest BCUT2D eigenvalue weighted by Gasteiger charge is -2.57. The lowest BCUT2D eigenvalue weighted by Crippen LogP contribution is -2.67. The molecule has 0 aliphatic rings. The summed E-state index contributed by atoms with van der Waals surface area (Å²) in [5.74, 6) is 0. The van der Waals surface area contributed by atoms with E-state index in [0.29, 0.717) is 5.54 Å². The average molecular weight is 1410 g/mol. The van der Waals surface area contributed by atoms with Gasteiger partial charge >= 0.3 is 0 Å². The minimum Gasteiger partial charge on any atom is -0.319 e. The monoisotopic (exact) mass is 1410 g/mol. The molecule has 1 heteroatoms. The molecular formula is C99H202N+. The summed E-state index contributed by atoms with van der Waals surface area (Å²) in [6.07, 6.45) is 132. The maximum Gasteiger partial charge on any atom is 0.0992 e. The fourth-order valence-electron chi connectivity index (χ4n) is 18.4. The largest absolute Gasteiger partial charge is 0.319 e. The van der Waals surface area contributed by atoms with Crippen LogP contribution in [0.2, 0.25) is 0 Å². The lowest BCUT2D eigenvalue weighted by atomic mass is 9.75. The first-order valence-corrected chi connectivity index (χ1v) is 49.4. The van der Waals surface area contributed by atoms with Crippen molar-refractivity contribution in [2.45, 2.75) is 625 Å². The van der Waals surface area contributed by atoms with Crippen molar-refractivity contribution in [3.63, 3.8) is 0 Å². The first-order valence-electron chi connectivity index (χ1n) is 49.4. The van der Waals surface area contributed by atoms with Gasteiger partial charge in [0.15, 0.2) is 0 Å². The molecule has 0 aromatic heterocycles. The van der Waals surface area contributed by atoms with Gasteiger partial charge in [-0.25, -0.2) is 0 Å². The Kier molecular flexibility index (Phi) is 86.2. The Morgan fingerprint density at radius 2 is 0.270 bits per heavy atom. The van der Waals surface area contributed by atoms with Crippen LogP contribution >= 0.6 is 0 Å². The van der Waals surface area contributed by atoms with E-state index < -0.39 is 0 Å². The fourth-order valence-corrected chi connectivity index (χ4v) is 18.4. The molecule has 1 unspecified atom stereocenters. The molecule has 0 fully saturated rings. The highest BCUT2D eigenvalue weighted by atomic mass is 15.4. The zero-order chi connectivity index (χ0) is 72.2. The molecule has 0 saturated carbocycles. The van der Waals surface area contributed by atoms with E-state index in [1.807, 2.05) is 0 Å². The van der Waals surface area contributed by atoms with Crippen LogP contribution in [0.3, 0.4) is 0 Å². The highest BCUT2D eigenvalue weighted by molar-refractivity contribution is 4.86. The quantitative estimate of drug-likeness (QED) is 0.0421. The van der Waals surface area contributed by atoms with Crippen molar-refractivity contribution < 1.29 is 4.48 Å². The van der Waals surface area contributed by atoms with Crippen molar-refractivity contribution in [3.8, 4) is 0 Å². The van der Waals surface area contributed by atoms with Gasteiger partial charge in [-0.3, -0.25) is 0 Å². The number of unbranched alkanes of at least 4 members (excludes halogenated alkanes) is 78. The summed E-state index contributed by atoms with van der Waals surface area (Å²) < 4.78 is 1.47. The van der Waals surface area contributed by atoms with Crippen LogP contribution in [0.1, 0.15) is 613 Å². The SMILES string of the molecule is CCCCCCCCCCCCCCCCC(CCCCCCCCCCCCCCCC)[N+](C)(CCCCCCCCCCCCCCCC)C(CCCCCCCCCCCCCCCC)(CCCCCCCCCCCCCCCC)CCCCCCCCCCCCCCCC. The smallest absolute Gasteiger partial charge is 0.0992 e. The predicted molar refractivity (Wildman–Crippen MR) is 463 cm³/mol. The Morgan fingerprint density at radius 1 is 0.150 bits per heavy atom. The van der Waals surface area contributed by atoms with Crippen molar-refractivity contribution in [2.75, 3.05) is 13.6 Å². The average Bonchev–Trinajstić information content (AvgIpc) is 0.763. The summed E-state index contributed by atoms with van der Waals surface area (Å²) in [7, 11) is 3.03. The molecule has 0 spiro atoms. The third-order valence-corrected chi connectivity index (χ3v) is 25.6. The molecule has 0 saturated heterocycles. The highest BCUT2D eigenvalue weighted by Crippen LogP contribution is 2.44. The summed E-state index contributed by atoms with van der Waals surface area (Å²) in [6.45, 7) is 15.6. The summed E-state index contributed by atoms with van der Waals surface area (Å²) in [5, 5.41) is 0. The van der Waals surface area contributed by atoms with Gasteiger partial charge < -0.3 is 4.48 Å². The van der Waals surface area contributed by atoms with E-state index in [-0.39, 0.29) is 0 Å². The Labute approximate surface area is 638 Å². The number of hydrogen-bond acceptors (Lipinski definition) is 0. The molecule has 0 heterocycles. The Morgan fingerprint density at radius 3 is 0.420 bits per heavy atom. The number of nitrogens with zero attached hydrogens (tertiary/aromatic N) is 1. The zero-order valence-electron chi connectivity index (χ0n) is 72.2. The van der Waals surface area contributed by atoms with E-state index in [4.69, 9.17) is 0 Å². The maximum atomic E-state index is 3.03. The molecule has 0 N–H and O–H groups in total. The minimum absolute atomic E-state index is 0.443. The third-order valence-electron chi connectivity index (χ3n) is 25.6. The summed E-state index contributed by atoms with van der Waals surface area (Å²) in [6, 6.07) is 0.849. The van der Waals surface area contributed by atoms with E-state index in [1.165, 1.54) is 582 Å². The molecule has 0 rings (SSSR count). The second-order valence-corrected chi connectivity index (χ2v) is 35.3. The molecular weight excluding hydrogens is 1200 g/mol.